The summed E-state index contributed by atoms with van der Waals surface area (Å²) in [6.45, 7) is 1.72. The zero-order chi connectivity index (χ0) is 15.9. The van der Waals surface area contributed by atoms with Gasteiger partial charge in [-0.05, 0) is 46.6 Å². The number of hydrogen-bond donors (Lipinski definition) is 1. The Balaban J connectivity index is 2.29. The number of hydrogen-bond acceptors (Lipinski definition) is 4. The minimum absolute atomic E-state index is 0.230. The standard InChI is InChI=1S/C15H14BrNO4S/c1-2-14(22(18,19)20)17-11-7-3-4-8-12(11)21-13-9-5-6-10(16)15(13)17/h3-9,14H,2H2,1H3,(H,18,19,20). The highest BCUT2D eigenvalue weighted by Crippen LogP contribution is 2.51. The minimum atomic E-state index is -4.27. The Bertz CT molecular complexity index is 822. The van der Waals surface area contributed by atoms with Gasteiger partial charge in [-0.2, -0.15) is 8.42 Å². The van der Waals surface area contributed by atoms with E-state index in [9.17, 15) is 13.0 Å². The maximum Gasteiger partial charge on any atom is 0.286 e. The van der Waals surface area contributed by atoms with E-state index in [1.807, 2.05) is 12.1 Å². The van der Waals surface area contributed by atoms with Crippen molar-refractivity contribution in [2.24, 2.45) is 0 Å². The van der Waals surface area contributed by atoms with Crippen LogP contribution in [0.15, 0.2) is 46.9 Å². The van der Waals surface area contributed by atoms with Gasteiger partial charge in [-0.15, -0.1) is 0 Å². The van der Waals surface area contributed by atoms with Crippen molar-refractivity contribution in [1.82, 2.24) is 0 Å². The van der Waals surface area contributed by atoms with E-state index in [1.165, 1.54) is 0 Å². The molecular formula is C15H14BrNO4S. The van der Waals surface area contributed by atoms with Gasteiger partial charge in [0.25, 0.3) is 10.1 Å². The molecule has 1 N–H and O–H groups in total. The van der Waals surface area contributed by atoms with E-state index in [0.717, 1.165) is 0 Å². The maximum absolute atomic E-state index is 11.9. The largest absolute Gasteiger partial charge is 0.453 e. The Morgan fingerprint density at radius 1 is 1.18 bits per heavy atom. The molecule has 0 radical (unpaired) electrons. The van der Waals surface area contributed by atoms with Crippen LogP contribution in [0.1, 0.15) is 13.3 Å². The van der Waals surface area contributed by atoms with Crippen molar-refractivity contribution in [2.75, 3.05) is 4.90 Å². The molecule has 22 heavy (non-hydrogen) atoms. The zero-order valence-electron chi connectivity index (χ0n) is 11.7. The predicted molar refractivity (Wildman–Crippen MR) is 88.4 cm³/mol. The van der Waals surface area contributed by atoms with E-state index in [2.05, 4.69) is 15.9 Å². The van der Waals surface area contributed by atoms with Crippen molar-refractivity contribution >= 4 is 37.4 Å². The molecule has 1 unspecified atom stereocenters. The van der Waals surface area contributed by atoms with Crippen molar-refractivity contribution in [1.29, 1.82) is 0 Å². The lowest BCUT2D eigenvalue weighted by Gasteiger charge is -2.37. The summed E-state index contributed by atoms with van der Waals surface area (Å²) in [5.74, 6) is 1.09. The molecule has 3 rings (SSSR count). The molecular weight excluding hydrogens is 370 g/mol. The van der Waals surface area contributed by atoms with Gasteiger partial charge >= 0.3 is 0 Å². The molecule has 0 bridgehead atoms. The molecule has 2 aromatic carbocycles. The topological polar surface area (TPSA) is 66.8 Å². The fraction of sp³-hybridized carbons (Fsp3) is 0.200. The second-order valence-corrected chi connectivity index (χ2v) is 7.33. The normalized spacial score (nSPS) is 14.8. The maximum atomic E-state index is 11.9. The van der Waals surface area contributed by atoms with Crippen LogP contribution in [0.4, 0.5) is 11.4 Å². The lowest BCUT2D eigenvalue weighted by Crippen LogP contribution is -2.39. The van der Waals surface area contributed by atoms with Crippen molar-refractivity contribution in [3.63, 3.8) is 0 Å². The Labute approximate surface area is 137 Å². The first kappa shape index (κ1) is 15.3. The van der Waals surface area contributed by atoms with Gasteiger partial charge in [-0.3, -0.25) is 4.55 Å². The van der Waals surface area contributed by atoms with Crippen LogP contribution < -0.4 is 9.64 Å². The summed E-state index contributed by atoms with van der Waals surface area (Å²) in [6.07, 6.45) is 0.230. The van der Waals surface area contributed by atoms with Crippen LogP contribution in [-0.2, 0) is 10.1 Å². The smallest absolute Gasteiger partial charge is 0.286 e. The summed E-state index contributed by atoms with van der Waals surface area (Å²) in [4.78, 5) is 1.60. The minimum Gasteiger partial charge on any atom is -0.453 e. The quantitative estimate of drug-likeness (QED) is 0.799. The van der Waals surface area contributed by atoms with Gasteiger partial charge in [0, 0.05) is 4.47 Å². The first-order valence-electron chi connectivity index (χ1n) is 6.74. The molecule has 1 aliphatic rings. The number of benzene rings is 2. The Morgan fingerprint density at radius 3 is 2.55 bits per heavy atom. The number of fused-ring (bicyclic) bond motifs is 2. The van der Waals surface area contributed by atoms with Crippen LogP contribution in [0, 0.1) is 0 Å². The average molecular weight is 384 g/mol. The Kier molecular flexibility index (Phi) is 3.88. The van der Waals surface area contributed by atoms with Gasteiger partial charge in [-0.25, -0.2) is 0 Å². The molecule has 1 heterocycles. The number of rotatable bonds is 3. The molecule has 0 fully saturated rings. The van der Waals surface area contributed by atoms with Crippen molar-refractivity contribution < 1.29 is 17.7 Å². The first-order valence-corrected chi connectivity index (χ1v) is 9.04. The third-order valence-corrected chi connectivity index (χ3v) is 5.39. The lowest BCUT2D eigenvalue weighted by molar-refractivity contribution is 0.451. The number of ether oxygens (including phenoxy) is 1. The molecule has 0 saturated heterocycles. The highest BCUT2D eigenvalue weighted by atomic mass is 79.9. The van der Waals surface area contributed by atoms with E-state index in [1.54, 1.807) is 42.2 Å². The molecule has 0 spiro atoms. The first-order chi connectivity index (χ1) is 10.4. The molecule has 1 atom stereocenters. The summed E-state index contributed by atoms with van der Waals surface area (Å²) in [6, 6.07) is 12.5. The van der Waals surface area contributed by atoms with Crippen molar-refractivity contribution in [3.8, 4) is 11.5 Å². The van der Waals surface area contributed by atoms with E-state index in [0.29, 0.717) is 27.3 Å². The summed E-state index contributed by atoms with van der Waals surface area (Å²) in [5, 5.41) is -1.09. The molecule has 116 valence electrons. The Morgan fingerprint density at radius 2 is 1.86 bits per heavy atom. The van der Waals surface area contributed by atoms with Crippen molar-refractivity contribution in [2.45, 2.75) is 18.7 Å². The van der Waals surface area contributed by atoms with E-state index >= 15 is 0 Å². The van der Waals surface area contributed by atoms with E-state index in [-0.39, 0.29) is 6.42 Å². The summed E-state index contributed by atoms with van der Waals surface area (Å²) in [5.41, 5.74) is 1.19. The van der Waals surface area contributed by atoms with Crippen LogP contribution in [0.2, 0.25) is 0 Å². The number of anilines is 2. The van der Waals surface area contributed by atoms with E-state index in [4.69, 9.17) is 4.74 Å². The van der Waals surface area contributed by atoms with Gasteiger partial charge in [0.05, 0.1) is 5.69 Å². The predicted octanol–water partition coefficient (Wildman–Crippen LogP) is 4.32. The van der Waals surface area contributed by atoms with Crippen LogP contribution in [0.25, 0.3) is 0 Å². The molecule has 2 aromatic rings. The third-order valence-electron chi connectivity index (χ3n) is 3.52. The molecule has 7 heteroatoms. The average Bonchev–Trinajstić information content (AvgIpc) is 2.46. The van der Waals surface area contributed by atoms with Gasteiger partial charge in [0.2, 0.25) is 0 Å². The van der Waals surface area contributed by atoms with E-state index < -0.39 is 15.5 Å². The van der Waals surface area contributed by atoms with Gasteiger partial charge in [0.1, 0.15) is 5.69 Å². The number of halogens is 1. The molecule has 0 aliphatic carbocycles. The second-order valence-electron chi connectivity index (χ2n) is 4.90. The fourth-order valence-electron chi connectivity index (χ4n) is 2.62. The lowest BCUT2D eigenvalue weighted by atomic mass is 10.1. The molecule has 0 saturated carbocycles. The highest BCUT2D eigenvalue weighted by molar-refractivity contribution is 9.10. The van der Waals surface area contributed by atoms with Gasteiger partial charge < -0.3 is 9.64 Å². The van der Waals surface area contributed by atoms with Crippen LogP contribution in [-0.4, -0.2) is 18.3 Å². The van der Waals surface area contributed by atoms with Crippen LogP contribution in [0.3, 0.4) is 0 Å². The molecule has 1 aliphatic heterocycles. The molecule has 0 amide bonds. The van der Waals surface area contributed by atoms with Crippen molar-refractivity contribution in [3.05, 3.63) is 46.9 Å². The van der Waals surface area contributed by atoms with Gasteiger partial charge in [-0.1, -0.05) is 25.1 Å². The monoisotopic (exact) mass is 383 g/mol. The SMILES string of the molecule is CCC(N1c2ccccc2Oc2cccc(Br)c21)S(=O)(=O)O. The second kappa shape index (κ2) is 5.57. The summed E-state index contributed by atoms with van der Waals surface area (Å²) in [7, 11) is -4.27. The summed E-state index contributed by atoms with van der Waals surface area (Å²) >= 11 is 3.44. The van der Waals surface area contributed by atoms with Gasteiger partial charge in [0.15, 0.2) is 16.9 Å². The third kappa shape index (κ3) is 2.49. The van der Waals surface area contributed by atoms with Crippen LogP contribution >= 0.6 is 15.9 Å². The fourth-order valence-corrected chi connectivity index (χ4v) is 4.06. The molecule has 5 nitrogen and oxygen atoms in total. The number of nitrogens with zero attached hydrogens (tertiary/aromatic N) is 1. The highest BCUT2D eigenvalue weighted by Gasteiger charge is 2.36. The Hall–Kier alpha value is -1.57. The summed E-state index contributed by atoms with van der Waals surface area (Å²) < 4.78 is 39.9. The molecule has 0 aromatic heterocycles. The zero-order valence-corrected chi connectivity index (χ0v) is 14.1. The number of para-hydroxylation sites is 3. The van der Waals surface area contributed by atoms with Crippen LogP contribution in [0.5, 0.6) is 11.5 Å².